The molecule has 2 aromatic rings. The quantitative estimate of drug-likeness (QED) is 0.771. The largest absolute Gasteiger partial charge is 0.483 e. The van der Waals surface area contributed by atoms with Gasteiger partial charge in [-0.3, -0.25) is 15.6 Å². The van der Waals surface area contributed by atoms with E-state index < -0.39 is 0 Å². The Bertz CT molecular complexity index is 825. The summed E-state index contributed by atoms with van der Waals surface area (Å²) < 4.78 is 5.78. The standard InChI is InChI=1S/C22H26N2O2/c1-15(2)18-12-11-16(3)13-21(18)26-14-22(25)24-23-20-10-6-8-17-7-4-5-9-19(17)20/h4-5,7,9-13,15,23H,6,8,14H2,1-3H3,(H,24,25). The molecule has 1 aliphatic carbocycles. The van der Waals surface area contributed by atoms with E-state index >= 15 is 0 Å². The van der Waals surface area contributed by atoms with E-state index in [4.69, 9.17) is 4.74 Å². The minimum Gasteiger partial charge on any atom is -0.483 e. The fourth-order valence-electron chi connectivity index (χ4n) is 3.16. The minimum atomic E-state index is -0.204. The van der Waals surface area contributed by atoms with Crippen LogP contribution < -0.4 is 15.6 Å². The van der Waals surface area contributed by atoms with E-state index in [0.717, 1.165) is 41.0 Å². The fraction of sp³-hybridized carbons (Fsp3) is 0.318. The second-order valence-electron chi connectivity index (χ2n) is 6.97. The van der Waals surface area contributed by atoms with Crippen molar-refractivity contribution in [2.45, 2.75) is 39.5 Å². The number of nitrogens with one attached hydrogen (secondary N) is 2. The number of carbonyl (C=O) groups is 1. The first-order valence-corrected chi connectivity index (χ1v) is 9.11. The van der Waals surface area contributed by atoms with Crippen molar-refractivity contribution < 1.29 is 9.53 Å². The van der Waals surface area contributed by atoms with Gasteiger partial charge in [-0.1, -0.05) is 56.3 Å². The summed E-state index contributed by atoms with van der Waals surface area (Å²) in [4.78, 5) is 12.2. The van der Waals surface area contributed by atoms with Crippen LogP contribution in [-0.2, 0) is 11.2 Å². The van der Waals surface area contributed by atoms with Crippen LogP contribution in [0.1, 0.15) is 48.4 Å². The molecule has 2 aromatic carbocycles. The van der Waals surface area contributed by atoms with E-state index in [1.165, 1.54) is 5.56 Å². The van der Waals surface area contributed by atoms with E-state index in [0.29, 0.717) is 5.92 Å². The number of hydrogen-bond acceptors (Lipinski definition) is 3. The van der Waals surface area contributed by atoms with Crippen LogP contribution in [0.25, 0.3) is 5.70 Å². The fourth-order valence-corrected chi connectivity index (χ4v) is 3.16. The first kappa shape index (κ1) is 18.1. The highest BCUT2D eigenvalue weighted by Crippen LogP contribution is 2.27. The predicted molar refractivity (Wildman–Crippen MR) is 105 cm³/mol. The molecule has 0 spiro atoms. The highest BCUT2D eigenvalue weighted by atomic mass is 16.5. The Labute approximate surface area is 155 Å². The van der Waals surface area contributed by atoms with Gasteiger partial charge in [-0.25, -0.2) is 0 Å². The summed E-state index contributed by atoms with van der Waals surface area (Å²) >= 11 is 0. The van der Waals surface area contributed by atoms with Crippen molar-refractivity contribution in [3.05, 3.63) is 70.8 Å². The Hall–Kier alpha value is -2.75. The van der Waals surface area contributed by atoms with Gasteiger partial charge in [-0.15, -0.1) is 0 Å². The number of ether oxygens (including phenoxy) is 1. The summed E-state index contributed by atoms with van der Waals surface area (Å²) in [5.41, 5.74) is 11.4. The van der Waals surface area contributed by atoms with Crippen molar-refractivity contribution in [3.63, 3.8) is 0 Å². The van der Waals surface area contributed by atoms with E-state index in [2.05, 4.69) is 55.0 Å². The summed E-state index contributed by atoms with van der Waals surface area (Å²) in [5.74, 6) is 0.915. The smallest absolute Gasteiger partial charge is 0.276 e. The van der Waals surface area contributed by atoms with Crippen molar-refractivity contribution in [1.29, 1.82) is 0 Å². The lowest BCUT2D eigenvalue weighted by Gasteiger charge is -2.20. The number of amides is 1. The molecule has 136 valence electrons. The van der Waals surface area contributed by atoms with Crippen LogP contribution >= 0.6 is 0 Å². The molecule has 4 nitrogen and oxygen atoms in total. The van der Waals surface area contributed by atoms with Gasteiger partial charge in [0.2, 0.25) is 0 Å². The van der Waals surface area contributed by atoms with E-state index in [1.807, 2.05) is 25.1 Å². The molecule has 0 aliphatic heterocycles. The average Bonchev–Trinajstić information content (AvgIpc) is 2.64. The monoisotopic (exact) mass is 350 g/mol. The van der Waals surface area contributed by atoms with Crippen molar-refractivity contribution in [1.82, 2.24) is 10.9 Å². The number of benzene rings is 2. The van der Waals surface area contributed by atoms with Gasteiger partial charge in [-0.05, 0) is 48.4 Å². The molecule has 0 aromatic heterocycles. The van der Waals surface area contributed by atoms with Gasteiger partial charge in [0.05, 0.1) is 5.70 Å². The maximum absolute atomic E-state index is 12.2. The Morgan fingerprint density at radius 3 is 2.81 bits per heavy atom. The molecule has 1 aliphatic rings. The molecule has 3 rings (SSSR count). The predicted octanol–water partition coefficient (Wildman–Crippen LogP) is 4.11. The number of carbonyl (C=O) groups excluding carboxylic acids is 1. The number of hydrazine groups is 1. The lowest BCUT2D eigenvalue weighted by molar-refractivity contribution is -0.123. The molecule has 0 unspecified atom stereocenters. The van der Waals surface area contributed by atoms with Crippen molar-refractivity contribution in [3.8, 4) is 5.75 Å². The van der Waals surface area contributed by atoms with Crippen molar-refractivity contribution >= 4 is 11.6 Å². The first-order chi connectivity index (χ1) is 12.5. The van der Waals surface area contributed by atoms with E-state index in [1.54, 1.807) is 0 Å². The van der Waals surface area contributed by atoms with E-state index in [-0.39, 0.29) is 12.5 Å². The van der Waals surface area contributed by atoms with Crippen LogP contribution in [0, 0.1) is 6.92 Å². The number of aryl methyl sites for hydroxylation is 2. The molecule has 0 atom stereocenters. The zero-order valence-electron chi connectivity index (χ0n) is 15.6. The SMILES string of the molecule is Cc1ccc(C(C)C)c(OCC(=O)NNC2=CCCc3ccccc32)c1. The highest BCUT2D eigenvalue weighted by Gasteiger charge is 2.13. The van der Waals surface area contributed by atoms with Crippen molar-refractivity contribution in [2.75, 3.05) is 6.61 Å². The van der Waals surface area contributed by atoms with Gasteiger partial charge in [0.1, 0.15) is 5.75 Å². The van der Waals surface area contributed by atoms with Gasteiger partial charge in [0.25, 0.3) is 5.91 Å². The Morgan fingerprint density at radius 1 is 1.19 bits per heavy atom. The number of rotatable bonds is 6. The van der Waals surface area contributed by atoms with Crippen LogP contribution in [0.5, 0.6) is 5.75 Å². The third-order valence-electron chi connectivity index (χ3n) is 4.56. The molecule has 0 bridgehead atoms. The highest BCUT2D eigenvalue weighted by molar-refractivity contribution is 5.79. The Kier molecular flexibility index (Phi) is 5.61. The van der Waals surface area contributed by atoms with Crippen LogP contribution in [0.15, 0.2) is 48.5 Å². The van der Waals surface area contributed by atoms with Gasteiger partial charge < -0.3 is 4.74 Å². The number of allylic oxidation sites excluding steroid dienone is 1. The topological polar surface area (TPSA) is 50.4 Å². The molecule has 4 heteroatoms. The summed E-state index contributed by atoms with van der Waals surface area (Å²) in [5, 5.41) is 0. The van der Waals surface area contributed by atoms with E-state index in [9.17, 15) is 4.79 Å². The third-order valence-corrected chi connectivity index (χ3v) is 4.56. The summed E-state index contributed by atoms with van der Waals surface area (Å²) in [6.07, 6.45) is 4.11. The Morgan fingerprint density at radius 2 is 2.00 bits per heavy atom. The van der Waals surface area contributed by atoms with Gasteiger partial charge in [0, 0.05) is 5.56 Å². The van der Waals surface area contributed by atoms with Crippen LogP contribution in [-0.4, -0.2) is 12.5 Å². The summed E-state index contributed by atoms with van der Waals surface area (Å²) in [6, 6.07) is 14.4. The van der Waals surface area contributed by atoms with Gasteiger partial charge in [-0.2, -0.15) is 0 Å². The zero-order valence-corrected chi connectivity index (χ0v) is 15.6. The lowest BCUT2D eigenvalue weighted by atomic mass is 9.95. The first-order valence-electron chi connectivity index (χ1n) is 9.11. The molecular formula is C22H26N2O2. The molecule has 1 amide bonds. The average molecular weight is 350 g/mol. The summed E-state index contributed by atoms with van der Waals surface area (Å²) in [6.45, 7) is 6.23. The van der Waals surface area contributed by atoms with Gasteiger partial charge in [0.15, 0.2) is 6.61 Å². The van der Waals surface area contributed by atoms with Crippen LogP contribution in [0.4, 0.5) is 0 Å². The second kappa shape index (κ2) is 8.09. The maximum Gasteiger partial charge on any atom is 0.276 e. The van der Waals surface area contributed by atoms with Crippen LogP contribution in [0.3, 0.4) is 0 Å². The molecule has 0 saturated heterocycles. The molecule has 2 N–H and O–H groups in total. The molecule has 0 fully saturated rings. The molecule has 0 radical (unpaired) electrons. The molecule has 0 heterocycles. The van der Waals surface area contributed by atoms with Gasteiger partial charge >= 0.3 is 0 Å². The maximum atomic E-state index is 12.2. The lowest BCUT2D eigenvalue weighted by Crippen LogP contribution is -2.39. The minimum absolute atomic E-state index is 0.0227. The Balaban J connectivity index is 1.58. The molecular weight excluding hydrogens is 324 g/mol. The summed E-state index contributed by atoms with van der Waals surface area (Å²) in [7, 11) is 0. The normalized spacial score (nSPS) is 13.0. The van der Waals surface area contributed by atoms with Crippen molar-refractivity contribution in [2.24, 2.45) is 0 Å². The molecule has 26 heavy (non-hydrogen) atoms. The second-order valence-corrected chi connectivity index (χ2v) is 6.97. The zero-order chi connectivity index (χ0) is 18.5. The number of hydrogen-bond donors (Lipinski definition) is 2. The molecule has 0 saturated carbocycles. The third kappa shape index (κ3) is 4.26. The van der Waals surface area contributed by atoms with Crippen LogP contribution in [0.2, 0.25) is 0 Å². The number of fused-ring (bicyclic) bond motifs is 1.